The molecule has 0 saturated carbocycles. The minimum Gasteiger partial charge on any atom is -0.255 e. The largest absolute Gasteiger partial charge is 0.255 e. The lowest BCUT2D eigenvalue weighted by atomic mass is 10.1. The number of benzene rings is 1. The number of hydrogen-bond acceptors (Lipinski definition) is 1. The maximum absolute atomic E-state index is 9.96. The zero-order valence-corrected chi connectivity index (χ0v) is 6.34. The number of halogens is 1. The van der Waals surface area contributed by atoms with Gasteiger partial charge in [-0.05, 0) is 18.6 Å². The molecule has 0 fully saturated rings. The predicted molar refractivity (Wildman–Crippen MR) is 42.9 cm³/mol. The van der Waals surface area contributed by atoms with E-state index < -0.39 is 7.15 Å². The minimum absolute atomic E-state index is 0.762. The van der Waals surface area contributed by atoms with Gasteiger partial charge in [0.2, 0.25) is 0 Å². The second-order valence-corrected chi connectivity index (χ2v) is 1.93. The van der Waals surface area contributed by atoms with E-state index in [1.165, 1.54) is 0 Å². The van der Waals surface area contributed by atoms with Crippen molar-refractivity contribution in [3.8, 4) is 6.07 Å². The Bertz CT molecular complexity index is 267. The Morgan fingerprint density at radius 1 is 1.55 bits per heavy atom. The van der Waals surface area contributed by atoms with E-state index in [0.717, 1.165) is 11.1 Å². The van der Waals surface area contributed by atoms with Crippen LogP contribution in [0.2, 0.25) is 0 Å². The normalized spacial score (nSPS) is 8.64. The summed E-state index contributed by atoms with van der Waals surface area (Å²) in [4.78, 5) is 0. The Kier molecular flexibility index (Phi) is 3.82. The summed E-state index contributed by atoms with van der Waals surface area (Å²) in [6.07, 6.45) is 0. The first-order valence-electron chi connectivity index (χ1n) is 3.78. The van der Waals surface area contributed by atoms with Crippen LogP contribution in [0, 0.1) is 18.3 Å². The molecule has 1 rings (SSSR count). The van der Waals surface area contributed by atoms with Gasteiger partial charge >= 0.3 is 0 Å². The van der Waals surface area contributed by atoms with E-state index >= 15 is 0 Å². The fraction of sp³-hybridized carbons (Fsp3) is 0.222. The molecular weight excluding hydrogens is 141 g/mol. The van der Waals surface area contributed by atoms with Gasteiger partial charge in [-0.15, -0.1) is 0 Å². The maximum Gasteiger partial charge on any atom is 0.0994 e. The summed E-state index contributed by atoms with van der Waals surface area (Å²) in [5.74, 6) is 0. The molecule has 0 aliphatic carbocycles. The second-order valence-electron chi connectivity index (χ2n) is 1.93. The number of rotatable bonds is 0. The van der Waals surface area contributed by atoms with E-state index in [-0.39, 0.29) is 0 Å². The first-order chi connectivity index (χ1) is 5.76. The molecule has 0 N–H and O–H groups in total. The lowest BCUT2D eigenvalue weighted by molar-refractivity contribution is 0.636. The highest BCUT2D eigenvalue weighted by atomic mass is 19.1. The SMILES string of the molecule is Cc1ccccc1C#N.[2H]CF. The van der Waals surface area contributed by atoms with Gasteiger partial charge in [0.15, 0.2) is 0 Å². The van der Waals surface area contributed by atoms with Gasteiger partial charge in [0.05, 0.1) is 20.2 Å². The topological polar surface area (TPSA) is 23.8 Å². The van der Waals surface area contributed by atoms with E-state index in [1.807, 2.05) is 31.2 Å². The van der Waals surface area contributed by atoms with E-state index in [1.54, 1.807) is 0 Å². The molecule has 1 nitrogen and oxygen atoms in total. The maximum atomic E-state index is 9.96. The first-order valence-corrected chi connectivity index (χ1v) is 3.07. The fourth-order valence-corrected chi connectivity index (χ4v) is 0.698. The summed E-state index contributed by atoms with van der Waals surface area (Å²) in [5.41, 5.74) is 1.80. The van der Waals surface area contributed by atoms with E-state index in [4.69, 9.17) is 6.63 Å². The van der Waals surface area contributed by atoms with Gasteiger partial charge in [0, 0.05) is 0 Å². The molecule has 0 aliphatic rings. The number of nitrogens with zero attached hydrogens (tertiary/aromatic N) is 1. The summed E-state index contributed by atoms with van der Waals surface area (Å²) in [6.45, 7) is 1.93. The van der Waals surface area contributed by atoms with Gasteiger partial charge in [-0.2, -0.15) is 5.26 Å². The number of hydrogen-bond donors (Lipinski definition) is 0. The molecule has 0 bridgehead atoms. The Morgan fingerprint density at radius 3 is 2.45 bits per heavy atom. The quantitative estimate of drug-likeness (QED) is 0.560. The number of alkyl halides is 1. The van der Waals surface area contributed by atoms with Crippen LogP contribution in [0.25, 0.3) is 0 Å². The van der Waals surface area contributed by atoms with Crippen molar-refractivity contribution in [2.24, 2.45) is 0 Å². The highest BCUT2D eigenvalue weighted by molar-refractivity contribution is 5.35. The van der Waals surface area contributed by atoms with Crippen LogP contribution in [0.5, 0.6) is 0 Å². The van der Waals surface area contributed by atoms with Crippen LogP contribution in [0.1, 0.15) is 12.5 Å². The van der Waals surface area contributed by atoms with Crippen LogP contribution in [0.4, 0.5) is 4.39 Å². The van der Waals surface area contributed by atoms with Crippen LogP contribution < -0.4 is 0 Å². The van der Waals surface area contributed by atoms with Crippen molar-refractivity contribution in [2.45, 2.75) is 6.92 Å². The molecule has 1 aromatic rings. The first kappa shape index (κ1) is 7.74. The second kappa shape index (κ2) is 5.43. The molecule has 0 amide bonds. The van der Waals surface area contributed by atoms with Gasteiger partial charge in [-0.3, -0.25) is 4.39 Å². The third-order valence-electron chi connectivity index (χ3n) is 1.27. The average molecular weight is 152 g/mol. The van der Waals surface area contributed by atoms with Crippen LogP contribution in [-0.2, 0) is 0 Å². The van der Waals surface area contributed by atoms with Crippen LogP contribution >= 0.6 is 0 Å². The van der Waals surface area contributed by atoms with Crippen LogP contribution in [0.3, 0.4) is 0 Å². The van der Waals surface area contributed by atoms with Gasteiger partial charge < -0.3 is 0 Å². The van der Waals surface area contributed by atoms with Gasteiger partial charge in [-0.1, -0.05) is 18.2 Å². The van der Waals surface area contributed by atoms with E-state index in [9.17, 15) is 4.39 Å². The molecule has 11 heavy (non-hydrogen) atoms. The molecule has 0 spiro atoms. The Morgan fingerprint density at radius 2 is 2.09 bits per heavy atom. The van der Waals surface area contributed by atoms with Crippen molar-refractivity contribution in [1.82, 2.24) is 0 Å². The summed E-state index contributed by atoms with van der Waals surface area (Å²) in [7, 11) is -1.00. The van der Waals surface area contributed by atoms with Gasteiger partial charge in [-0.25, -0.2) is 0 Å². The molecule has 0 aromatic heterocycles. The molecule has 0 heterocycles. The molecule has 0 atom stereocenters. The number of aryl methyl sites for hydroxylation is 1. The third kappa shape index (κ3) is 2.81. The fourth-order valence-electron chi connectivity index (χ4n) is 0.698. The molecule has 0 aliphatic heterocycles. The van der Waals surface area contributed by atoms with Crippen molar-refractivity contribution in [2.75, 3.05) is 7.15 Å². The monoisotopic (exact) mass is 152 g/mol. The third-order valence-corrected chi connectivity index (χ3v) is 1.27. The Labute approximate surface area is 67.5 Å². The lowest BCUT2D eigenvalue weighted by Gasteiger charge is -1.90. The molecule has 1 aromatic carbocycles. The molecule has 58 valence electrons. The summed E-state index contributed by atoms with van der Waals surface area (Å²) in [6, 6.07) is 9.63. The zero-order valence-electron chi connectivity index (χ0n) is 7.34. The van der Waals surface area contributed by atoms with Crippen molar-refractivity contribution in [3.63, 3.8) is 0 Å². The summed E-state index contributed by atoms with van der Waals surface area (Å²) >= 11 is 0. The molecule has 0 radical (unpaired) electrons. The van der Waals surface area contributed by atoms with Crippen molar-refractivity contribution >= 4 is 0 Å². The van der Waals surface area contributed by atoms with Gasteiger partial charge in [0.1, 0.15) is 0 Å². The van der Waals surface area contributed by atoms with Gasteiger partial charge in [0.25, 0.3) is 0 Å². The van der Waals surface area contributed by atoms with Crippen molar-refractivity contribution in [1.29, 1.82) is 5.26 Å². The molecule has 0 saturated heterocycles. The Balaban J connectivity index is 0.000000354. The van der Waals surface area contributed by atoms with E-state index in [2.05, 4.69) is 6.07 Å². The molecule has 2 heteroatoms. The van der Waals surface area contributed by atoms with Crippen LogP contribution in [-0.4, -0.2) is 7.15 Å². The van der Waals surface area contributed by atoms with Crippen LogP contribution in [0.15, 0.2) is 24.3 Å². The Hall–Kier alpha value is -1.36. The zero-order chi connectivity index (χ0) is 9.40. The lowest BCUT2D eigenvalue weighted by Crippen LogP contribution is -1.77. The highest BCUT2D eigenvalue weighted by Gasteiger charge is 1.89. The smallest absolute Gasteiger partial charge is 0.0994 e. The standard InChI is InChI=1S/C8H7N.CH3F/c1-7-4-2-3-5-8(7)6-9;1-2/h2-5H,1H3;1H3/i;1D. The predicted octanol–water partition coefficient (Wildman–Crippen LogP) is 2.45. The van der Waals surface area contributed by atoms with E-state index in [0.29, 0.717) is 0 Å². The molecular formula is C9H10FN. The minimum atomic E-state index is -1.00. The number of nitriles is 1. The summed E-state index contributed by atoms with van der Waals surface area (Å²) < 4.78 is 15.5. The van der Waals surface area contributed by atoms with Crippen molar-refractivity contribution < 1.29 is 5.76 Å². The van der Waals surface area contributed by atoms with Crippen molar-refractivity contribution in [3.05, 3.63) is 35.4 Å². The summed E-state index contributed by atoms with van der Waals surface area (Å²) in [5, 5.41) is 8.47. The highest BCUT2D eigenvalue weighted by Crippen LogP contribution is 2.03. The average Bonchev–Trinajstić information content (AvgIpc) is 2.07. The molecule has 0 unspecified atom stereocenters.